The highest BCUT2D eigenvalue weighted by Crippen LogP contribution is 2.21. The molecule has 8 heteroatoms. The fourth-order valence-corrected chi connectivity index (χ4v) is 2.14. The van der Waals surface area contributed by atoms with E-state index in [1.54, 1.807) is 16.6 Å². The first-order valence-corrected chi connectivity index (χ1v) is 5.99. The maximum Gasteiger partial charge on any atom is 0.236 e. The lowest BCUT2D eigenvalue weighted by molar-refractivity contribution is 0.294. The molecule has 0 atom stereocenters. The molecule has 0 aliphatic heterocycles. The van der Waals surface area contributed by atoms with Gasteiger partial charge in [0.25, 0.3) is 0 Å². The van der Waals surface area contributed by atoms with Crippen LogP contribution in [0.4, 0.5) is 10.8 Å². The number of aromatic nitrogens is 4. The van der Waals surface area contributed by atoms with Crippen LogP contribution in [0.3, 0.4) is 0 Å². The smallest absolute Gasteiger partial charge is 0.236 e. The number of hydrogen-bond donors (Lipinski definition) is 2. The van der Waals surface area contributed by atoms with Gasteiger partial charge in [-0.25, -0.2) is 0 Å². The second-order valence-electron chi connectivity index (χ2n) is 3.58. The number of ether oxygens (including phenoxy) is 1. The van der Waals surface area contributed by atoms with Crippen molar-refractivity contribution < 1.29 is 4.74 Å². The lowest BCUT2D eigenvalue weighted by Crippen LogP contribution is -2.04. The Labute approximate surface area is 106 Å². The Morgan fingerprint density at radius 3 is 2.89 bits per heavy atom. The van der Waals surface area contributed by atoms with Gasteiger partial charge in [0.05, 0.1) is 5.69 Å². The SMILES string of the molecule is Nc1nn2c(COc3ccccc3N)nnc2s1. The van der Waals surface area contributed by atoms with Crippen LogP contribution in [-0.2, 0) is 6.61 Å². The molecule has 0 aliphatic carbocycles. The van der Waals surface area contributed by atoms with E-state index in [0.29, 0.717) is 27.4 Å². The Hall–Kier alpha value is -2.35. The number of para-hydroxylation sites is 2. The van der Waals surface area contributed by atoms with Crippen molar-refractivity contribution in [2.75, 3.05) is 11.5 Å². The maximum absolute atomic E-state index is 5.78. The summed E-state index contributed by atoms with van der Waals surface area (Å²) in [5, 5.41) is 12.5. The van der Waals surface area contributed by atoms with E-state index in [1.807, 2.05) is 12.1 Å². The molecule has 4 N–H and O–H groups in total. The van der Waals surface area contributed by atoms with Crippen LogP contribution in [0.2, 0.25) is 0 Å². The fourth-order valence-electron chi connectivity index (χ4n) is 1.52. The highest BCUT2D eigenvalue weighted by molar-refractivity contribution is 7.20. The van der Waals surface area contributed by atoms with Gasteiger partial charge < -0.3 is 16.2 Å². The summed E-state index contributed by atoms with van der Waals surface area (Å²) in [6.07, 6.45) is 0. The Kier molecular flexibility index (Phi) is 2.49. The number of rotatable bonds is 3. The predicted molar refractivity (Wildman–Crippen MR) is 68.3 cm³/mol. The lowest BCUT2D eigenvalue weighted by atomic mass is 10.3. The molecule has 0 saturated carbocycles. The number of nitrogen functional groups attached to an aromatic ring is 2. The van der Waals surface area contributed by atoms with Crippen molar-refractivity contribution in [3.05, 3.63) is 30.1 Å². The summed E-state index contributed by atoms with van der Waals surface area (Å²) in [5.74, 6) is 1.19. The van der Waals surface area contributed by atoms with Gasteiger partial charge in [0.2, 0.25) is 10.1 Å². The Balaban J connectivity index is 1.83. The molecular weight excluding hydrogens is 252 g/mol. The van der Waals surface area contributed by atoms with Crippen LogP contribution in [0.5, 0.6) is 5.75 Å². The van der Waals surface area contributed by atoms with Crippen LogP contribution in [-0.4, -0.2) is 19.8 Å². The van der Waals surface area contributed by atoms with Gasteiger partial charge in [0.1, 0.15) is 12.4 Å². The van der Waals surface area contributed by atoms with Crippen LogP contribution in [0.25, 0.3) is 4.96 Å². The van der Waals surface area contributed by atoms with Crippen molar-refractivity contribution in [1.82, 2.24) is 19.8 Å². The Morgan fingerprint density at radius 1 is 1.22 bits per heavy atom. The van der Waals surface area contributed by atoms with Crippen LogP contribution in [0, 0.1) is 0 Å². The first-order chi connectivity index (χ1) is 8.74. The molecule has 0 bridgehead atoms. The van der Waals surface area contributed by atoms with E-state index in [9.17, 15) is 0 Å². The van der Waals surface area contributed by atoms with Gasteiger partial charge in [-0.3, -0.25) is 0 Å². The molecule has 0 spiro atoms. The van der Waals surface area contributed by atoms with Crippen LogP contribution in [0.15, 0.2) is 24.3 Å². The topological polar surface area (TPSA) is 104 Å². The monoisotopic (exact) mass is 262 g/mol. The Morgan fingerprint density at radius 2 is 2.06 bits per heavy atom. The first kappa shape index (κ1) is 10.8. The molecule has 3 aromatic rings. The molecule has 0 unspecified atom stereocenters. The number of hydrogen-bond acceptors (Lipinski definition) is 7. The minimum atomic E-state index is 0.235. The molecule has 0 amide bonds. The lowest BCUT2D eigenvalue weighted by Gasteiger charge is -2.06. The third-order valence-corrected chi connectivity index (χ3v) is 3.07. The highest BCUT2D eigenvalue weighted by atomic mass is 32.1. The predicted octanol–water partition coefficient (Wildman–Crippen LogP) is 0.929. The second-order valence-corrected chi connectivity index (χ2v) is 4.56. The van der Waals surface area contributed by atoms with Gasteiger partial charge in [-0.2, -0.15) is 4.52 Å². The number of nitrogens with two attached hydrogens (primary N) is 2. The first-order valence-electron chi connectivity index (χ1n) is 5.18. The zero-order valence-corrected chi connectivity index (χ0v) is 10.1. The maximum atomic E-state index is 5.78. The van der Waals surface area contributed by atoms with E-state index < -0.39 is 0 Å². The average molecular weight is 262 g/mol. The quantitative estimate of drug-likeness (QED) is 0.680. The average Bonchev–Trinajstić information content (AvgIpc) is 2.88. The van der Waals surface area contributed by atoms with Crippen LogP contribution >= 0.6 is 11.3 Å². The van der Waals surface area contributed by atoms with Crippen molar-refractivity contribution in [3.63, 3.8) is 0 Å². The van der Waals surface area contributed by atoms with E-state index >= 15 is 0 Å². The molecule has 3 rings (SSSR count). The van der Waals surface area contributed by atoms with Gasteiger partial charge in [-0.15, -0.1) is 15.3 Å². The molecule has 0 fully saturated rings. The summed E-state index contributed by atoms with van der Waals surface area (Å²) in [6, 6.07) is 7.27. The molecule has 1 aromatic carbocycles. The van der Waals surface area contributed by atoms with E-state index in [4.69, 9.17) is 16.2 Å². The summed E-state index contributed by atoms with van der Waals surface area (Å²) < 4.78 is 7.14. The van der Waals surface area contributed by atoms with E-state index in [2.05, 4.69) is 15.3 Å². The summed E-state index contributed by atoms with van der Waals surface area (Å²) in [4.78, 5) is 0.645. The third kappa shape index (κ3) is 1.82. The second kappa shape index (κ2) is 4.15. The van der Waals surface area contributed by atoms with E-state index in [0.717, 1.165) is 0 Å². The molecule has 2 aromatic heterocycles. The highest BCUT2D eigenvalue weighted by Gasteiger charge is 2.11. The van der Waals surface area contributed by atoms with Gasteiger partial charge in [0, 0.05) is 0 Å². The number of anilines is 2. The Bertz CT molecular complexity index is 691. The molecule has 0 radical (unpaired) electrons. The molecule has 92 valence electrons. The zero-order chi connectivity index (χ0) is 12.5. The molecule has 7 nitrogen and oxygen atoms in total. The molecular formula is C10H10N6OS. The van der Waals surface area contributed by atoms with Crippen molar-refractivity contribution in [2.45, 2.75) is 6.61 Å². The minimum absolute atomic E-state index is 0.235. The van der Waals surface area contributed by atoms with Gasteiger partial charge in [0.15, 0.2) is 5.82 Å². The van der Waals surface area contributed by atoms with Crippen molar-refractivity contribution in [2.24, 2.45) is 0 Å². The van der Waals surface area contributed by atoms with Gasteiger partial charge in [-0.05, 0) is 12.1 Å². The molecule has 18 heavy (non-hydrogen) atoms. The zero-order valence-electron chi connectivity index (χ0n) is 9.28. The van der Waals surface area contributed by atoms with E-state index in [1.165, 1.54) is 11.3 Å². The minimum Gasteiger partial charge on any atom is -0.483 e. The van der Waals surface area contributed by atoms with E-state index in [-0.39, 0.29) is 6.61 Å². The summed E-state index contributed by atoms with van der Waals surface area (Å²) in [6.45, 7) is 0.235. The van der Waals surface area contributed by atoms with Crippen molar-refractivity contribution in [1.29, 1.82) is 0 Å². The number of fused-ring (bicyclic) bond motifs is 1. The molecule has 2 heterocycles. The standard InChI is InChI=1S/C10H10N6OS/c11-6-3-1-2-4-7(6)17-5-8-13-14-10-16(8)15-9(12)18-10/h1-4H,5,11H2,(H2,12,15). The van der Waals surface area contributed by atoms with Gasteiger partial charge in [-0.1, -0.05) is 23.5 Å². The fraction of sp³-hybridized carbons (Fsp3) is 0.100. The number of nitrogens with zero attached hydrogens (tertiary/aromatic N) is 4. The summed E-state index contributed by atoms with van der Waals surface area (Å²) in [7, 11) is 0. The molecule has 0 aliphatic rings. The van der Waals surface area contributed by atoms with Crippen LogP contribution in [0.1, 0.15) is 5.82 Å². The van der Waals surface area contributed by atoms with Crippen molar-refractivity contribution in [3.8, 4) is 5.75 Å². The molecule has 0 saturated heterocycles. The summed E-state index contributed by atoms with van der Waals surface area (Å²) >= 11 is 1.27. The number of benzene rings is 1. The largest absolute Gasteiger partial charge is 0.483 e. The normalized spacial score (nSPS) is 10.9. The third-order valence-electron chi connectivity index (χ3n) is 2.35. The van der Waals surface area contributed by atoms with Crippen LogP contribution < -0.4 is 16.2 Å². The van der Waals surface area contributed by atoms with Crippen molar-refractivity contribution >= 4 is 27.1 Å². The summed E-state index contributed by atoms with van der Waals surface area (Å²) in [5.41, 5.74) is 11.9. The van der Waals surface area contributed by atoms with Gasteiger partial charge >= 0.3 is 0 Å².